The first-order chi connectivity index (χ1) is 17.0. The van der Waals surface area contributed by atoms with Crippen molar-refractivity contribution in [2.24, 2.45) is 7.05 Å². The number of nitriles is 1. The van der Waals surface area contributed by atoms with Crippen molar-refractivity contribution >= 4 is 35.0 Å². The Labute approximate surface area is 207 Å². The molecule has 2 aromatic heterocycles. The van der Waals surface area contributed by atoms with Crippen molar-refractivity contribution in [2.45, 2.75) is 19.3 Å². The van der Waals surface area contributed by atoms with Crippen LogP contribution in [-0.2, 0) is 24.7 Å². The molecule has 1 N–H and O–H groups in total. The van der Waals surface area contributed by atoms with Gasteiger partial charge in [0.15, 0.2) is 0 Å². The lowest BCUT2D eigenvalue weighted by Crippen LogP contribution is -2.29. The van der Waals surface area contributed by atoms with Gasteiger partial charge in [-0.3, -0.25) is 9.48 Å². The summed E-state index contributed by atoms with van der Waals surface area (Å²) >= 11 is 6.24. The number of hydrogen-bond donors (Lipinski definition) is 1. The Kier molecular flexibility index (Phi) is 6.17. The molecule has 0 saturated carbocycles. The highest BCUT2D eigenvalue weighted by Crippen LogP contribution is 2.36. The molecule has 0 aliphatic carbocycles. The molecule has 174 valence electrons. The Morgan fingerprint density at radius 3 is 2.83 bits per heavy atom. The summed E-state index contributed by atoms with van der Waals surface area (Å²) in [4.78, 5) is 23.7. The number of amides is 1. The van der Waals surface area contributed by atoms with Gasteiger partial charge >= 0.3 is 0 Å². The molecule has 5 rings (SSSR count). The zero-order chi connectivity index (χ0) is 24.4. The van der Waals surface area contributed by atoms with E-state index in [1.165, 1.54) is 0 Å². The Bertz CT molecular complexity index is 1460. The average molecular weight is 484 g/mol. The van der Waals surface area contributed by atoms with Crippen LogP contribution in [0.15, 0.2) is 60.9 Å². The number of benzene rings is 2. The first-order valence-electron chi connectivity index (χ1n) is 11.2. The molecule has 0 radical (unpaired) electrons. The molecule has 3 heterocycles. The van der Waals surface area contributed by atoms with E-state index in [-0.39, 0.29) is 5.91 Å². The minimum absolute atomic E-state index is 0.0161. The molecule has 1 aliphatic heterocycles. The summed E-state index contributed by atoms with van der Waals surface area (Å²) in [6.45, 7) is 0.548. The summed E-state index contributed by atoms with van der Waals surface area (Å²) in [5.41, 5.74) is 4.55. The third kappa shape index (κ3) is 4.59. The molecule has 1 aliphatic rings. The molecule has 0 fully saturated rings. The molecule has 0 unspecified atom stereocenters. The summed E-state index contributed by atoms with van der Waals surface area (Å²) in [6, 6.07) is 17.2. The normalized spacial score (nSPS) is 12.3. The van der Waals surface area contributed by atoms with Crippen LogP contribution in [-0.4, -0.2) is 32.2 Å². The van der Waals surface area contributed by atoms with Crippen LogP contribution in [0.3, 0.4) is 0 Å². The third-order valence-electron chi connectivity index (χ3n) is 6.06. The van der Waals surface area contributed by atoms with Gasteiger partial charge in [-0.1, -0.05) is 29.8 Å². The van der Waals surface area contributed by atoms with Gasteiger partial charge in [0.05, 0.1) is 23.1 Å². The van der Waals surface area contributed by atoms with Gasteiger partial charge in [-0.25, -0.2) is 9.97 Å². The minimum atomic E-state index is -0.0161. The number of rotatable bonds is 6. The summed E-state index contributed by atoms with van der Waals surface area (Å²) < 4.78 is 1.69. The molecular weight excluding hydrogens is 462 g/mol. The lowest BCUT2D eigenvalue weighted by molar-refractivity contribution is -0.118. The number of aromatic nitrogens is 4. The maximum absolute atomic E-state index is 13.1. The summed E-state index contributed by atoms with van der Waals surface area (Å²) in [5.74, 6) is 1.18. The van der Waals surface area contributed by atoms with Gasteiger partial charge in [0.2, 0.25) is 11.9 Å². The molecule has 9 heteroatoms. The zero-order valence-corrected chi connectivity index (χ0v) is 19.8. The average Bonchev–Trinajstić information content (AvgIpc) is 3.49. The van der Waals surface area contributed by atoms with Gasteiger partial charge in [0.25, 0.3) is 0 Å². The van der Waals surface area contributed by atoms with E-state index in [4.69, 9.17) is 11.6 Å². The van der Waals surface area contributed by atoms with Gasteiger partial charge < -0.3 is 10.2 Å². The van der Waals surface area contributed by atoms with Crippen LogP contribution in [0.25, 0.3) is 11.3 Å². The second kappa shape index (κ2) is 9.57. The van der Waals surface area contributed by atoms with Crippen molar-refractivity contribution in [1.29, 1.82) is 5.26 Å². The SMILES string of the molecule is Cn1nccc1Nc1nccc(-c2cc(C#N)c3c(c2)CCN3C(=O)CCc2ccccc2Cl)n1. The number of nitrogens with zero attached hydrogens (tertiary/aromatic N) is 6. The molecule has 1 amide bonds. The standard InChI is InChI=1S/C26H22ClN7O/c1-33-23(9-12-30-33)32-26-29-11-8-22(31-26)19-14-18-10-13-34(25(18)20(15-19)16-28)24(35)7-6-17-4-2-3-5-21(17)27/h2-5,8-9,11-12,14-15H,6-7,10,13H2,1H3,(H,29,31,32). The van der Waals surface area contributed by atoms with E-state index in [0.29, 0.717) is 53.7 Å². The van der Waals surface area contributed by atoms with E-state index < -0.39 is 0 Å². The number of aryl methyl sites for hydroxylation is 2. The third-order valence-corrected chi connectivity index (χ3v) is 6.43. The predicted molar refractivity (Wildman–Crippen MR) is 135 cm³/mol. The van der Waals surface area contributed by atoms with Gasteiger partial charge in [0, 0.05) is 42.9 Å². The molecule has 4 aromatic rings. The summed E-state index contributed by atoms with van der Waals surface area (Å²) in [7, 11) is 1.83. The molecule has 0 spiro atoms. The van der Waals surface area contributed by atoms with Gasteiger partial charge in [-0.2, -0.15) is 10.4 Å². The van der Waals surface area contributed by atoms with Crippen molar-refractivity contribution in [2.75, 3.05) is 16.8 Å². The zero-order valence-electron chi connectivity index (χ0n) is 19.1. The molecule has 8 nitrogen and oxygen atoms in total. The fourth-order valence-corrected chi connectivity index (χ4v) is 4.53. The van der Waals surface area contributed by atoms with Crippen LogP contribution in [0.5, 0.6) is 0 Å². The highest BCUT2D eigenvalue weighted by Gasteiger charge is 2.28. The second-order valence-electron chi connectivity index (χ2n) is 8.26. The summed E-state index contributed by atoms with van der Waals surface area (Å²) in [5, 5.41) is 17.9. The van der Waals surface area contributed by atoms with Crippen LogP contribution in [0, 0.1) is 11.3 Å². The van der Waals surface area contributed by atoms with Crippen LogP contribution in [0.4, 0.5) is 17.5 Å². The molecule has 0 bridgehead atoms. The van der Waals surface area contributed by atoms with Crippen LogP contribution < -0.4 is 10.2 Å². The topological polar surface area (TPSA) is 99.7 Å². The monoisotopic (exact) mass is 483 g/mol. The smallest absolute Gasteiger partial charge is 0.228 e. The van der Waals surface area contributed by atoms with Crippen LogP contribution >= 0.6 is 11.6 Å². The Hall–Kier alpha value is -4.22. The first-order valence-corrected chi connectivity index (χ1v) is 11.6. The highest BCUT2D eigenvalue weighted by molar-refractivity contribution is 6.31. The minimum Gasteiger partial charge on any atom is -0.310 e. The van der Waals surface area contributed by atoms with Gasteiger partial charge in [-0.05, 0) is 48.2 Å². The van der Waals surface area contributed by atoms with E-state index in [1.54, 1.807) is 34.1 Å². The first kappa shape index (κ1) is 22.6. The molecular formula is C26H22ClN7O. The molecule has 0 atom stereocenters. The largest absolute Gasteiger partial charge is 0.310 e. The van der Waals surface area contributed by atoms with Crippen molar-refractivity contribution in [3.63, 3.8) is 0 Å². The summed E-state index contributed by atoms with van der Waals surface area (Å²) in [6.07, 6.45) is 4.92. The van der Waals surface area contributed by atoms with E-state index in [0.717, 1.165) is 22.5 Å². The van der Waals surface area contributed by atoms with Gasteiger partial charge in [0.1, 0.15) is 11.9 Å². The maximum atomic E-state index is 13.1. The Morgan fingerprint density at radius 1 is 1.20 bits per heavy atom. The van der Waals surface area contributed by atoms with Crippen molar-refractivity contribution in [3.8, 4) is 17.3 Å². The lowest BCUT2D eigenvalue weighted by Gasteiger charge is -2.19. The number of fused-ring (bicyclic) bond motifs is 1. The number of anilines is 3. The van der Waals surface area contributed by atoms with Crippen LogP contribution in [0.2, 0.25) is 5.02 Å². The van der Waals surface area contributed by atoms with E-state index >= 15 is 0 Å². The number of hydrogen-bond acceptors (Lipinski definition) is 6. The quantitative estimate of drug-likeness (QED) is 0.428. The van der Waals surface area contributed by atoms with Gasteiger partial charge in [-0.15, -0.1) is 0 Å². The second-order valence-corrected chi connectivity index (χ2v) is 8.67. The Morgan fingerprint density at radius 2 is 2.06 bits per heavy atom. The highest BCUT2D eigenvalue weighted by atomic mass is 35.5. The van der Waals surface area contributed by atoms with E-state index in [2.05, 4.69) is 26.5 Å². The number of halogens is 1. The number of nitrogens with one attached hydrogen (secondary N) is 1. The molecule has 35 heavy (non-hydrogen) atoms. The van der Waals surface area contributed by atoms with Crippen molar-refractivity contribution in [3.05, 3.63) is 82.6 Å². The lowest BCUT2D eigenvalue weighted by atomic mass is 10.0. The number of carbonyl (C=O) groups is 1. The predicted octanol–water partition coefficient (Wildman–Crippen LogP) is 4.67. The maximum Gasteiger partial charge on any atom is 0.228 e. The fourth-order valence-electron chi connectivity index (χ4n) is 4.30. The van der Waals surface area contributed by atoms with E-state index in [1.807, 2.05) is 43.4 Å². The number of carbonyl (C=O) groups excluding carboxylic acids is 1. The van der Waals surface area contributed by atoms with Crippen LogP contribution in [0.1, 0.15) is 23.1 Å². The van der Waals surface area contributed by atoms with E-state index in [9.17, 15) is 10.1 Å². The fraction of sp³-hybridized carbons (Fsp3) is 0.192. The molecule has 2 aromatic carbocycles. The van der Waals surface area contributed by atoms with Crippen molar-refractivity contribution in [1.82, 2.24) is 19.7 Å². The Balaban J connectivity index is 1.39. The van der Waals surface area contributed by atoms with Crippen molar-refractivity contribution < 1.29 is 4.79 Å². The molecule has 0 saturated heterocycles.